The zero-order valence-corrected chi connectivity index (χ0v) is 18.3. The Labute approximate surface area is 182 Å². The van der Waals surface area contributed by atoms with Gasteiger partial charge in [-0.1, -0.05) is 49.7 Å². The standard InChI is InChI=1S/C23H28ClFN2O3/c1-16(2)12-13-26-23(29)17(3)27(14-18-8-10-19(25)11-9-18)22(28)15-30-21-7-5-4-6-20(21)24/h4-11,16-17H,12-15H2,1-3H3,(H,26,29). The van der Waals surface area contributed by atoms with E-state index in [9.17, 15) is 14.0 Å². The van der Waals surface area contributed by atoms with Gasteiger partial charge >= 0.3 is 0 Å². The Bertz CT molecular complexity index is 843. The second kappa shape index (κ2) is 11.6. The van der Waals surface area contributed by atoms with Crippen LogP contribution in [0.2, 0.25) is 5.02 Å². The SMILES string of the molecule is CC(C)CCNC(=O)C(C)N(Cc1ccc(F)cc1)C(=O)COc1ccccc1Cl. The smallest absolute Gasteiger partial charge is 0.261 e. The zero-order chi connectivity index (χ0) is 22.1. The quantitative estimate of drug-likeness (QED) is 0.601. The fourth-order valence-corrected chi connectivity index (χ4v) is 2.98. The lowest BCUT2D eigenvalue weighted by molar-refractivity contribution is -0.142. The minimum absolute atomic E-state index is 0.157. The third-order valence-electron chi connectivity index (χ3n) is 4.64. The number of hydrogen-bond acceptors (Lipinski definition) is 3. The van der Waals surface area contributed by atoms with Crippen LogP contribution >= 0.6 is 11.6 Å². The van der Waals surface area contributed by atoms with Crippen molar-refractivity contribution in [3.05, 3.63) is 64.9 Å². The normalized spacial score (nSPS) is 11.8. The number of ether oxygens (including phenoxy) is 1. The first-order valence-electron chi connectivity index (χ1n) is 9.97. The molecule has 1 unspecified atom stereocenters. The maximum Gasteiger partial charge on any atom is 0.261 e. The Morgan fingerprint density at radius 1 is 1.10 bits per heavy atom. The maximum absolute atomic E-state index is 13.2. The summed E-state index contributed by atoms with van der Waals surface area (Å²) in [5, 5.41) is 3.27. The average molecular weight is 435 g/mol. The molecule has 0 saturated heterocycles. The van der Waals surface area contributed by atoms with E-state index in [0.717, 1.165) is 6.42 Å². The molecule has 0 aliphatic heterocycles. The van der Waals surface area contributed by atoms with Crippen molar-refractivity contribution in [2.75, 3.05) is 13.2 Å². The molecular formula is C23H28ClFN2O3. The Kier molecular flexibility index (Phi) is 9.12. The number of carbonyl (C=O) groups excluding carboxylic acids is 2. The van der Waals surface area contributed by atoms with Crippen LogP contribution in [0, 0.1) is 11.7 Å². The highest BCUT2D eigenvalue weighted by atomic mass is 35.5. The molecule has 0 bridgehead atoms. The van der Waals surface area contributed by atoms with E-state index in [4.69, 9.17) is 16.3 Å². The molecule has 2 rings (SSSR count). The monoisotopic (exact) mass is 434 g/mol. The summed E-state index contributed by atoms with van der Waals surface area (Å²) in [5.41, 5.74) is 0.712. The van der Waals surface area contributed by atoms with Gasteiger partial charge in [0.15, 0.2) is 6.61 Å². The molecule has 162 valence electrons. The van der Waals surface area contributed by atoms with Gasteiger partial charge in [0, 0.05) is 13.1 Å². The van der Waals surface area contributed by atoms with E-state index in [1.165, 1.54) is 17.0 Å². The minimum Gasteiger partial charge on any atom is -0.482 e. The van der Waals surface area contributed by atoms with E-state index < -0.39 is 6.04 Å². The van der Waals surface area contributed by atoms with Crippen molar-refractivity contribution in [2.45, 2.75) is 39.8 Å². The number of benzene rings is 2. The molecular weight excluding hydrogens is 407 g/mol. The second-order valence-electron chi connectivity index (χ2n) is 7.52. The largest absolute Gasteiger partial charge is 0.482 e. The van der Waals surface area contributed by atoms with Gasteiger partial charge < -0.3 is 15.0 Å². The van der Waals surface area contributed by atoms with Gasteiger partial charge in [-0.05, 0) is 49.1 Å². The summed E-state index contributed by atoms with van der Waals surface area (Å²) in [5.74, 6) is -0.127. The van der Waals surface area contributed by atoms with E-state index in [-0.39, 0.29) is 30.8 Å². The molecule has 0 saturated carbocycles. The number of nitrogens with one attached hydrogen (secondary N) is 1. The molecule has 0 spiro atoms. The third kappa shape index (κ3) is 7.34. The number of carbonyl (C=O) groups is 2. The van der Waals surface area contributed by atoms with Crippen molar-refractivity contribution < 1.29 is 18.7 Å². The highest BCUT2D eigenvalue weighted by molar-refractivity contribution is 6.32. The number of para-hydroxylation sites is 1. The van der Waals surface area contributed by atoms with Crippen molar-refractivity contribution in [1.29, 1.82) is 0 Å². The van der Waals surface area contributed by atoms with Gasteiger partial charge in [-0.25, -0.2) is 4.39 Å². The Hall–Kier alpha value is -2.60. The van der Waals surface area contributed by atoms with Crippen LogP contribution < -0.4 is 10.1 Å². The van der Waals surface area contributed by atoms with Gasteiger partial charge in [0.1, 0.15) is 17.6 Å². The van der Waals surface area contributed by atoms with Crippen LogP contribution in [0.1, 0.15) is 32.8 Å². The molecule has 0 radical (unpaired) electrons. The maximum atomic E-state index is 13.2. The van der Waals surface area contributed by atoms with Crippen molar-refractivity contribution in [3.63, 3.8) is 0 Å². The van der Waals surface area contributed by atoms with Crippen molar-refractivity contribution in [2.24, 2.45) is 5.92 Å². The van der Waals surface area contributed by atoms with E-state index in [2.05, 4.69) is 19.2 Å². The highest BCUT2D eigenvalue weighted by Crippen LogP contribution is 2.23. The first kappa shape index (κ1) is 23.7. The van der Waals surface area contributed by atoms with Crippen LogP contribution in [-0.2, 0) is 16.1 Å². The lowest BCUT2D eigenvalue weighted by atomic mass is 10.1. The molecule has 2 aromatic rings. The van der Waals surface area contributed by atoms with E-state index in [1.807, 2.05) is 0 Å². The molecule has 2 aromatic carbocycles. The summed E-state index contributed by atoms with van der Waals surface area (Å²) in [6.07, 6.45) is 0.847. The van der Waals surface area contributed by atoms with Crippen molar-refractivity contribution >= 4 is 23.4 Å². The first-order valence-corrected chi connectivity index (χ1v) is 10.3. The predicted molar refractivity (Wildman–Crippen MR) is 116 cm³/mol. The van der Waals surface area contributed by atoms with Crippen LogP contribution in [0.3, 0.4) is 0 Å². The number of amides is 2. The van der Waals surface area contributed by atoms with Crippen molar-refractivity contribution in [3.8, 4) is 5.75 Å². The van der Waals surface area contributed by atoms with E-state index >= 15 is 0 Å². The number of nitrogens with zero attached hydrogens (tertiary/aromatic N) is 1. The topological polar surface area (TPSA) is 58.6 Å². The molecule has 2 amide bonds. The molecule has 0 fully saturated rings. The fraction of sp³-hybridized carbons (Fsp3) is 0.391. The molecule has 0 aliphatic rings. The van der Waals surface area contributed by atoms with Gasteiger partial charge in [0.25, 0.3) is 5.91 Å². The molecule has 5 nitrogen and oxygen atoms in total. The average Bonchev–Trinajstić information content (AvgIpc) is 2.71. The molecule has 0 aliphatic carbocycles. The summed E-state index contributed by atoms with van der Waals surface area (Å²) >= 11 is 6.08. The lowest BCUT2D eigenvalue weighted by Gasteiger charge is -2.29. The fourth-order valence-electron chi connectivity index (χ4n) is 2.79. The van der Waals surface area contributed by atoms with E-state index in [0.29, 0.717) is 28.8 Å². The molecule has 1 N–H and O–H groups in total. The Morgan fingerprint density at radius 3 is 2.40 bits per heavy atom. The summed E-state index contributed by atoms with van der Waals surface area (Å²) in [7, 11) is 0. The van der Waals surface area contributed by atoms with Crippen LogP contribution in [0.4, 0.5) is 4.39 Å². The van der Waals surface area contributed by atoms with Gasteiger partial charge in [-0.15, -0.1) is 0 Å². The van der Waals surface area contributed by atoms with Crippen LogP contribution in [0.15, 0.2) is 48.5 Å². The summed E-state index contributed by atoms with van der Waals surface area (Å²) in [6, 6.07) is 12.0. The van der Waals surface area contributed by atoms with Crippen molar-refractivity contribution in [1.82, 2.24) is 10.2 Å². The summed E-state index contributed by atoms with van der Waals surface area (Å²) in [6.45, 7) is 6.24. The van der Waals surface area contributed by atoms with Crippen LogP contribution in [0.25, 0.3) is 0 Å². The summed E-state index contributed by atoms with van der Waals surface area (Å²) in [4.78, 5) is 27.0. The van der Waals surface area contributed by atoms with Gasteiger partial charge in [0.05, 0.1) is 5.02 Å². The van der Waals surface area contributed by atoms with Gasteiger partial charge in [0.2, 0.25) is 5.91 Å². The number of hydrogen-bond donors (Lipinski definition) is 1. The second-order valence-corrected chi connectivity index (χ2v) is 7.92. The van der Waals surface area contributed by atoms with E-state index in [1.54, 1.807) is 43.3 Å². The first-order chi connectivity index (χ1) is 14.3. The van der Waals surface area contributed by atoms with Gasteiger partial charge in [-0.3, -0.25) is 9.59 Å². The molecule has 0 aromatic heterocycles. The number of rotatable bonds is 10. The zero-order valence-electron chi connectivity index (χ0n) is 17.5. The molecule has 1 atom stereocenters. The van der Waals surface area contributed by atoms with Crippen LogP contribution in [-0.4, -0.2) is 35.9 Å². The highest BCUT2D eigenvalue weighted by Gasteiger charge is 2.26. The lowest BCUT2D eigenvalue weighted by Crippen LogP contribution is -2.49. The predicted octanol–water partition coefficient (Wildman–Crippen LogP) is 4.44. The third-order valence-corrected chi connectivity index (χ3v) is 4.95. The molecule has 0 heterocycles. The Balaban J connectivity index is 2.10. The molecule has 30 heavy (non-hydrogen) atoms. The number of halogens is 2. The van der Waals surface area contributed by atoms with Crippen LogP contribution in [0.5, 0.6) is 5.75 Å². The molecule has 7 heteroatoms. The Morgan fingerprint density at radius 2 is 1.77 bits per heavy atom. The minimum atomic E-state index is -0.718. The van der Waals surface area contributed by atoms with Gasteiger partial charge in [-0.2, -0.15) is 0 Å². The summed E-state index contributed by atoms with van der Waals surface area (Å²) < 4.78 is 18.8.